The van der Waals surface area contributed by atoms with Crippen molar-refractivity contribution in [1.29, 1.82) is 0 Å². The molecule has 1 saturated carbocycles. The Morgan fingerprint density at radius 1 is 1.25 bits per heavy atom. The van der Waals surface area contributed by atoms with Gasteiger partial charge in [0.1, 0.15) is 0 Å². The first-order chi connectivity index (χ1) is 9.63. The summed E-state index contributed by atoms with van der Waals surface area (Å²) in [5.74, 6) is 1.09. The van der Waals surface area contributed by atoms with Gasteiger partial charge in [-0.3, -0.25) is 9.69 Å². The maximum atomic E-state index is 12.6. The average Bonchev–Trinajstić information content (AvgIpc) is 3.26. The van der Waals surface area contributed by atoms with Crippen molar-refractivity contribution in [3.63, 3.8) is 0 Å². The van der Waals surface area contributed by atoms with Crippen molar-refractivity contribution in [2.24, 2.45) is 5.92 Å². The van der Waals surface area contributed by atoms with Crippen LogP contribution in [0.2, 0.25) is 0 Å². The zero-order chi connectivity index (χ0) is 14.1. The number of piperazine rings is 1. The van der Waals surface area contributed by atoms with E-state index in [1.165, 1.54) is 19.4 Å². The van der Waals surface area contributed by atoms with Gasteiger partial charge >= 0.3 is 0 Å². The molecule has 1 aliphatic carbocycles. The number of rotatable bonds is 3. The molecule has 3 nitrogen and oxygen atoms in total. The highest BCUT2D eigenvalue weighted by molar-refractivity contribution is 9.10. The molecule has 108 valence electrons. The van der Waals surface area contributed by atoms with E-state index in [9.17, 15) is 4.79 Å². The van der Waals surface area contributed by atoms with Crippen LogP contribution in [0.15, 0.2) is 22.7 Å². The number of nitrogens with zero attached hydrogens (tertiary/aromatic N) is 2. The molecule has 0 N–H and O–H groups in total. The lowest BCUT2D eigenvalue weighted by Gasteiger charge is -2.35. The van der Waals surface area contributed by atoms with Gasteiger partial charge < -0.3 is 4.90 Å². The minimum absolute atomic E-state index is 0.159. The average molecular weight is 337 g/mol. The molecular formula is C16H21BrN2O. The molecule has 1 aromatic rings. The van der Waals surface area contributed by atoms with Crippen molar-refractivity contribution in [1.82, 2.24) is 9.80 Å². The molecular weight excluding hydrogens is 316 g/mol. The van der Waals surface area contributed by atoms with Gasteiger partial charge in [0, 0.05) is 37.2 Å². The predicted octanol–water partition coefficient (Wildman–Crippen LogP) is 2.93. The van der Waals surface area contributed by atoms with E-state index in [1.807, 2.05) is 30.0 Å². The monoisotopic (exact) mass is 336 g/mol. The van der Waals surface area contributed by atoms with Crippen LogP contribution in [-0.2, 0) is 0 Å². The molecule has 1 amide bonds. The van der Waals surface area contributed by atoms with Crippen LogP contribution in [0.5, 0.6) is 0 Å². The molecule has 3 rings (SSSR count). The van der Waals surface area contributed by atoms with Crippen molar-refractivity contribution >= 4 is 21.8 Å². The third kappa shape index (κ3) is 3.23. The molecule has 2 fully saturated rings. The lowest BCUT2D eigenvalue weighted by atomic mass is 10.1. The molecule has 0 unspecified atom stereocenters. The highest BCUT2D eigenvalue weighted by Gasteiger charge is 2.28. The molecule has 2 aliphatic rings. The van der Waals surface area contributed by atoms with Gasteiger partial charge in [-0.15, -0.1) is 0 Å². The van der Waals surface area contributed by atoms with Crippen LogP contribution in [0.3, 0.4) is 0 Å². The summed E-state index contributed by atoms with van der Waals surface area (Å²) in [7, 11) is 0. The van der Waals surface area contributed by atoms with E-state index in [-0.39, 0.29) is 5.91 Å². The summed E-state index contributed by atoms with van der Waals surface area (Å²) in [6, 6.07) is 5.96. The SMILES string of the molecule is Cc1ccc(Br)c(C(=O)N2CCN(CC3CC3)CC2)c1. The lowest BCUT2D eigenvalue weighted by Crippen LogP contribution is -2.49. The number of hydrogen-bond acceptors (Lipinski definition) is 2. The summed E-state index contributed by atoms with van der Waals surface area (Å²) >= 11 is 3.49. The Balaban J connectivity index is 1.61. The van der Waals surface area contributed by atoms with Crippen LogP contribution >= 0.6 is 15.9 Å². The first-order valence-electron chi connectivity index (χ1n) is 7.41. The zero-order valence-electron chi connectivity index (χ0n) is 11.9. The quantitative estimate of drug-likeness (QED) is 0.847. The number of amides is 1. The molecule has 0 spiro atoms. The molecule has 0 bridgehead atoms. The fraction of sp³-hybridized carbons (Fsp3) is 0.562. The third-order valence-corrected chi connectivity index (χ3v) is 4.92. The van der Waals surface area contributed by atoms with Gasteiger partial charge in [0.15, 0.2) is 0 Å². The Morgan fingerprint density at radius 3 is 2.60 bits per heavy atom. The summed E-state index contributed by atoms with van der Waals surface area (Å²) in [5, 5.41) is 0. The Morgan fingerprint density at radius 2 is 1.95 bits per heavy atom. The van der Waals surface area contributed by atoms with Crippen LogP contribution < -0.4 is 0 Å². The highest BCUT2D eigenvalue weighted by Crippen LogP contribution is 2.30. The fourth-order valence-corrected chi connectivity index (χ4v) is 3.19. The standard InChI is InChI=1S/C16H21BrN2O/c1-12-2-5-15(17)14(10-12)16(20)19-8-6-18(7-9-19)11-13-3-4-13/h2,5,10,13H,3-4,6-9,11H2,1H3. The van der Waals surface area contributed by atoms with E-state index in [1.54, 1.807) is 0 Å². The van der Waals surface area contributed by atoms with E-state index < -0.39 is 0 Å². The smallest absolute Gasteiger partial charge is 0.255 e. The molecule has 1 saturated heterocycles. The van der Waals surface area contributed by atoms with E-state index in [0.717, 1.165) is 47.7 Å². The van der Waals surface area contributed by atoms with Crippen LogP contribution in [0.1, 0.15) is 28.8 Å². The highest BCUT2D eigenvalue weighted by atomic mass is 79.9. The number of carbonyl (C=O) groups excluding carboxylic acids is 1. The van der Waals surface area contributed by atoms with Gasteiger partial charge in [0.25, 0.3) is 5.91 Å². The molecule has 0 atom stereocenters. The first-order valence-corrected chi connectivity index (χ1v) is 8.20. The van der Waals surface area contributed by atoms with Crippen LogP contribution in [0.25, 0.3) is 0 Å². The van der Waals surface area contributed by atoms with Crippen molar-refractivity contribution in [2.45, 2.75) is 19.8 Å². The van der Waals surface area contributed by atoms with Gasteiger partial charge in [0.05, 0.1) is 5.56 Å². The Labute approximate surface area is 129 Å². The minimum Gasteiger partial charge on any atom is -0.336 e. The van der Waals surface area contributed by atoms with Gasteiger partial charge in [-0.2, -0.15) is 0 Å². The minimum atomic E-state index is 0.159. The molecule has 0 radical (unpaired) electrons. The Kier molecular flexibility index (Phi) is 4.13. The largest absolute Gasteiger partial charge is 0.336 e. The second kappa shape index (κ2) is 5.86. The van der Waals surface area contributed by atoms with Crippen molar-refractivity contribution < 1.29 is 4.79 Å². The van der Waals surface area contributed by atoms with E-state index in [4.69, 9.17) is 0 Å². The van der Waals surface area contributed by atoms with Gasteiger partial charge in [-0.05, 0) is 53.7 Å². The molecule has 1 aromatic carbocycles. The summed E-state index contributed by atoms with van der Waals surface area (Å²) in [5.41, 5.74) is 1.92. The molecule has 4 heteroatoms. The normalized spacial score (nSPS) is 20.2. The maximum Gasteiger partial charge on any atom is 0.255 e. The predicted molar refractivity (Wildman–Crippen MR) is 83.9 cm³/mol. The molecule has 1 aliphatic heterocycles. The third-order valence-electron chi connectivity index (χ3n) is 4.23. The molecule has 1 heterocycles. The van der Waals surface area contributed by atoms with E-state index in [0.29, 0.717) is 0 Å². The maximum absolute atomic E-state index is 12.6. The summed E-state index contributed by atoms with van der Waals surface area (Å²) in [6.45, 7) is 7.00. The lowest BCUT2D eigenvalue weighted by molar-refractivity contribution is 0.0631. The topological polar surface area (TPSA) is 23.6 Å². The van der Waals surface area contributed by atoms with Gasteiger partial charge in [-0.25, -0.2) is 0 Å². The second-order valence-electron chi connectivity index (χ2n) is 6.02. The van der Waals surface area contributed by atoms with E-state index >= 15 is 0 Å². The Hall–Kier alpha value is -0.870. The summed E-state index contributed by atoms with van der Waals surface area (Å²) < 4.78 is 0.897. The van der Waals surface area contributed by atoms with Crippen LogP contribution in [-0.4, -0.2) is 48.4 Å². The number of aryl methyl sites for hydroxylation is 1. The summed E-state index contributed by atoms with van der Waals surface area (Å²) in [4.78, 5) is 17.1. The number of carbonyl (C=O) groups is 1. The second-order valence-corrected chi connectivity index (χ2v) is 6.87. The van der Waals surface area contributed by atoms with Crippen molar-refractivity contribution in [3.05, 3.63) is 33.8 Å². The Bertz CT molecular complexity index is 505. The number of halogens is 1. The zero-order valence-corrected chi connectivity index (χ0v) is 13.5. The fourth-order valence-electron chi connectivity index (χ4n) is 2.77. The van der Waals surface area contributed by atoms with E-state index in [2.05, 4.69) is 20.8 Å². The number of hydrogen-bond donors (Lipinski definition) is 0. The summed E-state index contributed by atoms with van der Waals surface area (Å²) in [6.07, 6.45) is 2.80. The first kappa shape index (κ1) is 14.1. The van der Waals surface area contributed by atoms with Crippen LogP contribution in [0, 0.1) is 12.8 Å². The van der Waals surface area contributed by atoms with Crippen LogP contribution in [0.4, 0.5) is 0 Å². The van der Waals surface area contributed by atoms with Gasteiger partial charge in [0.2, 0.25) is 0 Å². The van der Waals surface area contributed by atoms with Crippen molar-refractivity contribution in [3.8, 4) is 0 Å². The van der Waals surface area contributed by atoms with Gasteiger partial charge in [-0.1, -0.05) is 11.6 Å². The number of benzene rings is 1. The molecule has 0 aromatic heterocycles. The van der Waals surface area contributed by atoms with Crippen molar-refractivity contribution in [2.75, 3.05) is 32.7 Å². The molecule has 20 heavy (non-hydrogen) atoms.